The number of benzene rings is 2. The Hall–Kier alpha value is -1.89. The number of rotatable bonds is 11. The van der Waals surface area contributed by atoms with Crippen molar-refractivity contribution in [2.75, 3.05) is 12.9 Å². The van der Waals surface area contributed by atoms with Gasteiger partial charge in [0.05, 0.1) is 12.9 Å². The lowest BCUT2D eigenvalue weighted by atomic mass is 10.1. The third-order valence-electron chi connectivity index (χ3n) is 5.21. The minimum absolute atomic E-state index is 0.0413. The number of carbonyl (C=O) groups excluding carboxylic acids is 2. The van der Waals surface area contributed by atoms with E-state index in [-0.39, 0.29) is 23.6 Å². The molecule has 32 heavy (non-hydrogen) atoms. The lowest BCUT2D eigenvalue weighted by Gasteiger charge is -2.29. The molecule has 0 spiro atoms. The van der Waals surface area contributed by atoms with Crippen molar-refractivity contribution in [2.24, 2.45) is 0 Å². The fraction of sp³-hybridized carbons (Fsp3) is 0.417. The number of nitrogens with one attached hydrogen (secondary N) is 1. The molecule has 2 rings (SSSR count). The summed E-state index contributed by atoms with van der Waals surface area (Å²) in [5.41, 5.74) is 1.72. The van der Waals surface area contributed by atoms with E-state index in [1.54, 1.807) is 37.1 Å². The fourth-order valence-electron chi connectivity index (χ4n) is 2.97. The average Bonchev–Trinajstić information content (AvgIpc) is 2.79. The largest absolute Gasteiger partial charge is 0.497 e. The van der Waals surface area contributed by atoms with Crippen molar-refractivity contribution >= 4 is 46.8 Å². The topological polar surface area (TPSA) is 58.6 Å². The molecule has 2 atom stereocenters. The SMILES string of the molecule is CC[C@@H](C)NC(=O)[C@@H](C)N(Cc1ccc(OC)cc1)C(=O)CSCc1c(Cl)cccc1Cl. The van der Waals surface area contributed by atoms with E-state index >= 15 is 0 Å². The van der Waals surface area contributed by atoms with E-state index in [9.17, 15) is 9.59 Å². The lowest BCUT2D eigenvalue weighted by Crippen LogP contribution is -2.50. The predicted molar refractivity (Wildman–Crippen MR) is 134 cm³/mol. The van der Waals surface area contributed by atoms with Crippen LogP contribution in [0.3, 0.4) is 0 Å². The maximum atomic E-state index is 13.2. The summed E-state index contributed by atoms with van der Waals surface area (Å²) in [5, 5.41) is 4.13. The molecule has 5 nitrogen and oxygen atoms in total. The van der Waals surface area contributed by atoms with Gasteiger partial charge in [-0.05, 0) is 55.7 Å². The molecule has 174 valence electrons. The Kier molecular flexibility index (Phi) is 10.7. The molecule has 2 aromatic rings. The van der Waals surface area contributed by atoms with Crippen LogP contribution in [0.4, 0.5) is 0 Å². The highest BCUT2D eigenvalue weighted by molar-refractivity contribution is 7.99. The summed E-state index contributed by atoms with van der Waals surface area (Å²) < 4.78 is 5.21. The van der Waals surface area contributed by atoms with E-state index in [2.05, 4.69) is 5.32 Å². The quantitative estimate of drug-likeness (QED) is 0.441. The highest BCUT2D eigenvalue weighted by Gasteiger charge is 2.26. The van der Waals surface area contributed by atoms with Crippen molar-refractivity contribution in [1.29, 1.82) is 0 Å². The van der Waals surface area contributed by atoms with Crippen molar-refractivity contribution in [3.05, 3.63) is 63.6 Å². The second-order valence-electron chi connectivity index (χ2n) is 7.56. The molecule has 0 heterocycles. The molecule has 0 aromatic heterocycles. The number of ether oxygens (including phenoxy) is 1. The smallest absolute Gasteiger partial charge is 0.242 e. The summed E-state index contributed by atoms with van der Waals surface area (Å²) >= 11 is 13.9. The van der Waals surface area contributed by atoms with Gasteiger partial charge >= 0.3 is 0 Å². The second-order valence-corrected chi connectivity index (χ2v) is 9.36. The molecule has 2 aromatic carbocycles. The minimum Gasteiger partial charge on any atom is -0.497 e. The number of amides is 2. The molecule has 0 aliphatic rings. The van der Waals surface area contributed by atoms with Crippen LogP contribution in [0.2, 0.25) is 10.0 Å². The zero-order chi connectivity index (χ0) is 23.7. The van der Waals surface area contributed by atoms with Gasteiger partial charge in [-0.3, -0.25) is 9.59 Å². The van der Waals surface area contributed by atoms with Gasteiger partial charge in [0.15, 0.2) is 0 Å². The Morgan fingerprint density at radius 2 is 1.72 bits per heavy atom. The van der Waals surface area contributed by atoms with E-state index in [1.165, 1.54) is 11.8 Å². The van der Waals surface area contributed by atoms with Crippen LogP contribution in [-0.2, 0) is 21.9 Å². The van der Waals surface area contributed by atoms with Gasteiger partial charge in [-0.1, -0.05) is 48.3 Å². The number of nitrogens with zero attached hydrogens (tertiary/aromatic N) is 1. The molecular formula is C24H30Cl2N2O3S. The van der Waals surface area contributed by atoms with Crippen LogP contribution >= 0.6 is 35.0 Å². The summed E-state index contributed by atoms with van der Waals surface area (Å²) in [4.78, 5) is 27.5. The van der Waals surface area contributed by atoms with Crippen molar-refractivity contribution in [3.8, 4) is 5.75 Å². The van der Waals surface area contributed by atoms with Crippen molar-refractivity contribution < 1.29 is 14.3 Å². The Labute approximate surface area is 204 Å². The van der Waals surface area contributed by atoms with Crippen LogP contribution in [0.5, 0.6) is 5.75 Å². The van der Waals surface area contributed by atoms with Crippen molar-refractivity contribution in [3.63, 3.8) is 0 Å². The van der Waals surface area contributed by atoms with Gasteiger partial charge in [-0.25, -0.2) is 0 Å². The summed E-state index contributed by atoms with van der Waals surface area (Å²) in [6.45, 7) is 6.04. The minimum atomic E-state index is -0.608. The van der Waals surface area contributed by atoms with Gasteiger partial charge in [-0.15, -0.1) is 11.8 Å². The van der Waals surface area contributed by atoms with Crippen molar-refractivity contribution in [1.82, 2.24) is 10.2 Å². The van der Waals surface area contributed by atoms with Crippen LogP contribution in [0.15, 0.2) is 42.5 Å². The Morgan fingerprint density at radius 3 is 2.28 bits per heavy atom. The van der Waals surface area contributed by atoms with Gasteiger partial charge in [0.1, 0.15) is 11.8 Å². The van der Waals surface area contributed by atoms with Gasteiger partial charge in [0.2, 0.25) is 11.8 Å². The first-order chi connectivity index (χ1) is 15.3. The molecule has 0 aliphatic carbocycles. The first kappa shape index (κ1) is 26.4. The van der Waals surface area contributed by atoms with Crippen LogP contribution in [0.25, 0.3) is 0 Å². The first-order valence-electron chi connectivity index (χ1n) is 10.5. The molecule has 0 fully saturated rings. The number of carbonyl (C=O) groups is 2. The molecule has 0 saturated heterocycles. The summed E-state index contributed by atoms with van der Waals surface area (Å²) in [6.07, 6.45) is 0.819. The molecule has 0 unspecified atom stereocenters. The van der Waals surface area contributed by atoms with E-state index in [0.717, 1.165) is 23.3 Å². The Bertz CT molecular complexity index is 888. The molecule has 1 N–H and O–H groups in total. The van der Waals surface area contributed by atoms with Crippen LogP contribution in [-0.4, -0.2) is 41.7 Å². The summed E-state index contributed by atoms with van der Waals surface area (Å²) in [6, 6.07) is 12.3. The normalized spacial score (nSPS) is 12.7. The van der Waals surface area contributed by atoms with E-state index in [0.29, 0.717) is 22.3 Å². The van der Waals surface area contributed by atoms with Gasteiger partial charge in [0, 0.05) is 28.4 Å². The zero-order valence-electron chi connectivity index (χ0n) is 18.9. The molecule has 0 radical (unpaired) electrons. The standard InChI is InChI=1S/C24H30Cl2N2O3S/c1-5-16(2)27-24(30)17(3)28(13-18-9-11-19(31-4)12-10-18)23(29)15-32-14-20-21(25)7-6-8-22(20)26/h6-12,16-17H,5,13-15H2,1-4H3,(H,27,30)/t16-,17-/m1/s1. The van der Waals surface area contributed by atoms with Crippen LogP contribution in [0, 0.1) is 0 Å². The van der Waals surface area contributed by atoms with Gasteiger partial charge in [0.25, 0.3) is 0 Å². The third-order valence-corrected chi connectivity index (χ3v) is 6.87. The fourth-order valence-corrected chi connectivity index (χ4v) is 4.62. The van der Waals surface area contributed by atoms with Gasteiger partial charge < -0.3 is 15.0 Å². The Balaban J connectivity index is 2.12. The van der Waals surface area contributed by atoms with E-state index in [1.807, 2.05) is 38.1 Å². The average molecular weight is 497 g/mol. The van der Waals surface area contributed by atoms with E-state index in [4.69, 9.17) is 27.9 Å². The molecule has 2 amide bonds. The van der Waals surface area contributed by atoms with E-state index < -0.39 is 6.04 Å². The summed E-state index contributed by atoms with van der Waals surface area (Å²) in [7, 11) is 1.61. The lowest BCUT2D eigenvalue weighted by molar-refractivity contribution is -0.138. The molecule has 0 bridgehead atoms. The number of thioether (sulfide) groups is 1. The van der Waals surface area contributed by atoms with Crippen LogP contribution in [0.1, 0.15) is 38.3 Å². The van der Waals surface area contributed by atoms with Crippen molar-refractivity contribution in [2.45, 2.75) is 51.6 Å². The van der Waals surface area contributed by atoms with Crippen LogP contribution < -0.4 is 10.1 Å². The third kappa shape index (κ3) is 7.61. The highest BCUT2D eigenvalue weighted by Crippen LogP contribution is 2.28. The predicted octanol–water partition coefficient (Wildman–Crippen LogP) is 5.57. The molecule has 0 aliphatic heterocycles. The first-order valence-corrected chi connectivity index (χ1v) is 12.4. The maximum absolute atomic E-state index is 13.2. The highest BCUT2D eigenvalue weighted by atomic mass is 35.5. The number of halogens is 2. The number of hydrogen-bond acceptors (Lipinski definition) is 4. The summed E-state index contributed by atoms with van der Waals surface area (Å²) in [5.74, 6) is 1.16. The monoisotopic (exact) mass is 496 g/mol. The maximum Gasteiger partial charge on any atom is 0.242 e. The molecule has 8 heteroatoms. The zero-order valence-corrected chi connectivity index (χ0v) is 21.2. The second kappa shape index (κ2) is 13.0. The Morgan fingerprint density at radius 1 is 1.09 bits per heavy atom. The number of hydrogen-bond donors (Lipinski definition) is 1. The molecule has 0 saturated carbocycles. The molecular weight excluding hydrogens is 467 g/mol. The van der Waals surface area contributed by atoms with Gasteiger partial charge in [-0.2, -0.15) is 0 Å². The number of methoxy groups -OCH3 is 1.